The molecule has 0 atom stereocenters. The molecule has 2 N–H and O–H groups in total. The Hall–Kier alpha value is -1.21. The number of halogens is 2. The van der Waals surface area contributed by atoms with Crippen molar-refractivity contribution in [1.82, 2.24) is 14.5 Å². The molecule has 0 bridgehead atoms. The lowest BCUT2D eigenvalue weighted by Gasteiger charge is -2.27. The third-order valence-electron chi connectivity index (χ3n) is 4.18. The van der Waals surface area contributed by atoms with E-state index in [0.717, 1.165) is 41.2 Å². The average Bonchev–Trinajstić information content (AvgIpc) is 2.85. The SMILES string of the molecule is O[C@H]1CC[C@H](n2cc(Br)c3cnc(NCCCF)nc32)CC1. The zero-order chi connectivity index (χ0) is 15.5. The normalized spacial score (nSPS) is 22.1. The van der Waals surface area contributed by atoms with Crippen LogP contribution in [0.5, 0.6) is 0 Å². The Bertz CT molecular complexity index is 640. The summed E-state index contributed by atoms with van der Waals surface area (Å²) < 4.78 is 15.3. The van der Waals surface area contributed by atoms with Gasteiger partial charge in [-0.05, 0) is 48.0 Å². The van der Waals surface area contributed by atoms with Gasteiger partial charge in [0, 0.05) is 29.5 Å². The minimum absolute atomic E-state index is 0.172. The van der Waals surface area contributed by atoms with E-state index in [1.54, 1.807) is 6.20 Å². The van der Waals surface area contributed by atoms with Crippen LogP contribution in [0, 0.1) is 0 Å². The fraction of sp³-hybridized carbons (Fsp3) is 0.600. The van der Waals surface area contributed by atoms with Crippen LogP contribution in [0.15, 0.2) is 16.9 Å². The monoisotopic (exact) mass is 370 g/mol. The Morgan fingerprint density at radius 2 is 2.14 bits per heavy atom. The van der Waals surface area contributed by atoms with Gasteiger partial charge < -0.3 is 15.0 Å². The Kier molecular flexibility index (Phi) is 4.93. The molecule has 1 aliphatic rings. The van der Waals surface area contributed by atoms with Gasteiger partial charge in [0.2, 0.25) is 5.95 Å². The largest absolute Gasteiger partial charge is 0.393 e. The molecule has 2 aromatic rings. The summed E-state index contributed by atoms with van der Waals surface area (Å²) in [6.07, 6.45) is 7.67. The first-order valence-electron chi connectivity index (χ1n) is 7.70. The molecule has 3 rings (SSSR count). The molecular formula is C15H20BrFN4O. The lowest BCUT2D eigenvalue weighted by molar-refractivity contribution is 0.111. The fourth-order valence-corrected chi connectivity index (χ4v) is 3.46. The zero-order valence-corrected chi connectivity index (χ0v) is 13.9. The van der Waals surface area contributed by atoms with Gasteiger partial charge in [-0.3, -0.25) is 4.39 Å². The maximum Gasteiger partial charge on any atom is 0.224 e. The van der Waals surface area contributed by atoms with Gasteiger partial charge in [-0.2, -0.15) is 4.98 Å². The van der Waals surface area contributed by atoms with Crippen molar-refractivity contribution in [3.05, 3.63) is 16.9 Å². The Morgan fingerprint density at radius 1 is 1.36 bits per heavy atom. The van der Waals surface area contributed by atoms with E-state index in [1.807, 2.05) is 6.20 Å². The number of aromatic nitrogens is 3. The molecule has 1 saturated carbocycles. The Labute approximate surface area is 137 Å². The molecule has 5 nitrogen and oxygen atoms in total. The third-order valence-corrected chi connectivity index (χ3v) is 4.81. The molecule has 0 aromatic carbocycles. The molecule has 7 heteroatoms. The Morgan fingerprint density at radius 3 is 2.86 bits per heavy atom. The predicted molar refractivity (Wildman–Crippen MR) is 87.8 cm³/mol. The molecule has 1 aliphatic carbocycles. The van der Waals surface area contributed by atoms with Crippen LogP contribution in [0.4, 0.5) is 10.3 Å². The number of nitrogens with zero attached hydrogens (tertiary/aromatic N) is 3. The van der Waals surface area contributed by atoms with Crippen LogP contribution in [-0.2, 0) is 0 Å². The number of fused-ring (bicyclic) bond motifs is 1. The summed E-state index contributed by atoms with van der Waals surface area (Å²) in [5.74, 6) is 0.531. The second-order valence-corrected chi connectivity index (χ2v) is 6.60. The smallest absolute Gasteiger partial charge is 0.224 e. The van der Waals surface area contributed by atoms with Crippen molar-refractivity contribution in [2.45, 2.75) is 44.2 Å². The number of rotatable bonds is 5. The van der Waals surface area contributed by atoms with Gasteiger partial charge in [0.15, 0.2) is 0 Å². The number of aliphatic hydroxyl groups excluding tert-OH is 1. The van der Waals surface area contributed by atoms with Crippen LogP contribution in [0.2, 0.25) is 0 Å². The highest BCUT2D eigenvalue weighted by Gasteiger charge is 2.23. The van der Waals surface area contributed by atoms with Crippen molar-refractivity contribution in [1.29, 1.82) is 0 Å². The van der Waals surface area contributed by atoms with Crippen LogP contribution >= 0.6 is 15.9 Å². The van der Waals surface area contributed by atoms with E-state index in [-0.39, 0.29) is 12.8 Å². The first-order valence-corrected chi connectivity index (χ1v) is 8.49. The quantitative estimate of drug-likeness (QED) is 0.791. The maximum absolute atomic E-state index is 12.2. The molecule has 2 aromatic heterocycles. The summed E-state index contributed by atoms with van der Waals surface area (Å²) in [6.45, 7) is 0.182. The molecule has 0 spiro atoms. The summed E-state index contributed by atoms with van der Waals surface area (Å²) >= 11 is 3.56. The zero-order valence-electron chi connectivity index (χ0n) is 12.3. The van der Waals surface area contributed by atoms with Gasteiger partial charge in [-0.25, -0.2) is 4.98 Å². The van der Waals surface area contributed by atoms with E-state index in [2.05, 4.69) is 35.8 Å². The first-order chi connectivity index (χ1) is 10.7. The first kappa shape index (κ1) is 15.7. The van der Waals surface area contributed by atoms with E-state index in [9.17, 15) is 9.50 Å². The molecule has 1 fully saturated rings. The van der Waals surface area contributed by atoms with Gasteiger partial charge in [-0.1, -0.05) is 0 Å². The summed E-state index contributed by atoms with van der Waals surface area (Å²) in [5, 5.41) is 13.7. The number of anilines is 1. The van der Waals surface area contributed by atoms with E-state index in [4.69, 9.17) is 0 Å². The van der Waals surface area contributed by atoms with Crippen molar-refractivity contribution < 1.29 is 9.50 Å². The fourth-order valence-electron chi connectivity index (χ4n) is 2.96. The second-order valence-electron chi connectivity index (χ2n) is 5.75. The topological polar surface area (TPSA) is 63.0 Å². The summed E-state index contributed by atoms with van der Waals surface area (Å²) in [6, 6.07) is 0.353. The molecule has 0 amide bonds. The molecule has 22 heavy (non-hydrogen) atoms. The van der Waals surface area contributed by atoms with Gasteiger partial charge in [0.1, 0.15) is 5.65 Å². The minimum atomic E-state index is -0.346. The van der Waals surface area contributed by atoms with Crippen molar-refractivity contribution in [3.8, 4) is 0 Å². The number of hydrogen-bond acceptors (Lipinski definition) is 4. The number of nitrogens with one attached hydrogen (secondary N) is 1. The van der Waals surface area contributed by atoms with Gasteiger partial charge >= 0.3 is 0 Å². The molecule has 0 radical (unpaired) electrons. The second kappa shape index (κ2) is 6.91. The molecule has 0 aliphatic heterocycles. The predicted octanol–water partition coefficient (Wildman–Crippen LogP) is 3.44. The van der Waals surface area contributed by atoms with Crippen LogP contribution in [-0.4, -0.2) is 39.0 Å². The third kappa shape index (κ3) is 3.25. The molecular weight excluding hydrogens is 351 g/mol. The minimum Gasteiger partial charge on any atom is -0.393 e. The maximum atomic E-state index is 12.2. The van der Waals surface area contributed by atoms with Crippen LogP contribution in [0.3, 0.4) is 0 Å². The van der Waals surface area contributed by atoms with Crippen LogP contribution in [0.1, 0.15) is 38.1 Å². The molecule has 2 heterocycles. The van der Waals surface area contributed by atoms with Crippen molar-refractivity contribution in [2.75, 3.05) is 18.5 Å². The van der Waals surface area contributed by atoms with Gasteiger partial charge in [0.05, 0.1) is 18.2 Å². The average molecular weight is 371 g/mol. The highest BCUT2D eigenvalue weighted by molar-refractivity contribution is 9.10. The number of aliphatic hydroxyl groups is 1. The van der Waals surface area contributed by atoms with Crippen molar-refractivity contribution in [2.24, 2.45) is 0 Å². The van der Waals surface area contributed by atoms with E-state index < -0.39 is 0 Å². The molecule has 0 saturated heterocycles. The summed E-state index contributed by atoms with van der Waals surface area (Å²) in [4.78, 5) is 8.87. The number of alkyl halides is 1. The van der Waals surface area contributed by atoms with Crippen LogP contribution < -0.4 is 5.32 Å². The van der Waals surface area contributed by atoms with Crippen molar-refractivity contribution >= 4 is 32.9 Å². The summed E-state index contributed by atoms with van der Waals surface area (Å²) in [5.41, 5.74) is 0.881. The highest BCUT2D eigenvalue weighted by Crippen LogP contribution is 2.34. The van der Waals surface area contributed by atoms with Gasteiger partial charge in [0.25, 0.3) is 0 Å². The molecule has 0 unspecified atom stereocenters. The molecule has 120 valence electrons. The van der Waals surface area contributed by atoms with Crippen LogP contribution in [0.25, 0.3) is 11.0 Å². The lowest BCUT2D eigenvalue weighted by Crippen LogP contribution is -2.20. The van der Waals surface area contributed by atoms with Gasteiger partial charge in [-0.15, -0.1) is 0 Å². The highest BCUT2D eigenvalue weighted by atomic mass is 79.9. The number of hydrogen-bond donors (Lipinski definition) is 2. The lowest BCUT2D eigenvalue weighted by atomic mass is 9.93. The standard InChI is InChI=1S/C15H20BrFN4O/c16-13-9-21(10-2-4-11(22)5-3-10)14-12(13)8-19-15(20-14)18-7-1-6-17/h8-11,22H,1-7H2,(H,18,19,20)/t10-,11-. The van der Waals surface area contributed by atoms with E-state index in [0.29, 0.717) is 25.0 Å². The summed E-state index contributed by atoms with van der Waals surface area (Å²) in [7, 11) is 0. The van der Waals surface area contributed by atoms with E-state index >= 15 is 0 Å². The van der Waals surface area contributed by atoms with Crippen molar-refractivity contribution in [3.63, 3.8) is 0 Å². The Balaban J connectivity index is 1.87. The van der Waals surface area contributed by atoms with E-state index in [1.165, 1.54) is 0 Å².